The third kappa shape index (κ3) is 26.8. The summed E-state index contributed by atoms with van der Waals surface area (Å²) < 4.78 is 0. The van der Waals surface area contributed by atoms with E-state index < -0.39 is 0 Å². The second-order valence-electron chi connectivity index (χ2n) is 7.55. The van der Waals surface area contributed by atoms with E-state index in [0.717, 1.165) is 5.56 Å². The minimum Gasteiger partial charge on any atom is -0.359 e. The average Bonchev–Trinajstić information content (AvgIpc) is 2.94. The first-order valence-electron chi connectivity index (χ1n) is 11.9. The summed E-state index contributed by atoms with van der Waals surface area (Å²) in [6.07, 6.45) is 49.1. The van der Waals surface area contributed by atoms with E-state index in [1.54, 1.807) is 42.5 Å². The van der Waals surface area contributed by atoms with Crippen molar-refractivity contribution in [2.45, 2.75) is 0 Å². The molecule has 0 spiro atoms. The Balaban J connectivity index is -0.000000115. The largest absolute Gasteiger partial charge is 3.00 e. The Morgan fingerprint density at radius 2 is 1.23 bits per heavy atom. The molecule has 3 aliphatic carbocycles. The van der Waals surface area contributed by atoms with Crippen LogP contribution in [0, 0.1) is 58.1 Å². The van der Waals surface area contributed by atoms with Gasteiger partial charge in [0.1, 0.15) is 0 Å². The summed E-state index contributed by atoms with van der Waals surface area (Å²) >= 11 is 0. The van der Waals surface area contributed by atoms with Crippen molar-refractivity contribution in [1.29, 1.82) is 0 Å². The van der Waals surface area contributed by atoms with Gasteiger partial charge in [-0.15, -0.1) is 36.4 Å². The fourth-order valence-corrected chi connectivity index (χ4v) is 3.34. The summed E-state index contributed by atoms with van der Waals surface area (Å²) in [6, 6.07) is 10.9. The fraction of sp³-hybridized carbons (Fsp3) is 0.0263. The van der Waals surface area contributed by atoms with Crippen LogP contribution in [0.1, 0.15) is 5.56 Å². The van der Waals surface area contributed by atoms with Crippen molar-refractivity contribution in [1.82, 2.24) is 0 Å². The molecule has 6 heteroatoms. The molecule has 0 aliphatic heterocycles. The van der Waals surface area contributed by atoms with Crippen LogP contribution in [0.2, 0.25) is 0 Å². The standard InChI is InChI=1S/C13H10.C13H11.C11H10.CH3.6Y/c1-4-10-6-2-8-12-9-3-7-11(5-1)13(10)12;1-2-3-4-5-7-10-13-11-8-6-9-12-13;1-3-5-7-9-11-10-8-6-4-2;;;;;;;/h1-9,13H;2-4,6-11H,1H2;1,3-8,11H,2H2;1H3;;;;;;/q;-3;-4;-1;;;;;2*+3. The Morgan fingerprint density at radius 1 is 0.705 bits per heavy atom. The smallest absolute Gasteiger partial charge is 0.359 e. The van der Waals surface area contributed by atoms with E-state index in [1.807, 2.05) is 48.6 Å². The average molecular weight is 1020 g/mol. The van der Waals surface area contributed by atoms with E-state index in [2.05, 4.69) is 92.8 Å². The maximum absolute atomic E-state index is 5.08. The summed E-state index contributed by atoms with van der Waals surface area (Å²) in [5.74, 6) is 0.514. The van der Waals surface area contributed by atoms with Gasteiger partial charge in [0.25, 0.3) is 0 Å². The van der Waals surface area contributed by atoms with Crippen molar-refractivity contribution in [3.63, 3.8) is 0 Å². The topological polar surface area (TPSA) is 0 Å². The normalized spacial score (nSPS) is 13.7. The van der Waals surface area contributed by atoms with Crippen molar-refractivity contribution < 1.29 is 196 Å². The summed E-state index contributed by atoms with van der Waals surface area (Å²) in [5.41, 5.74) is 5.30. The summed E-state index contributed by atoms with van der Waals surface area (Å²) in [7, 11) is 0. The molecule has 0 heterocycles. The molecule has 0 nitrogen and oxygen atoms in total. The van der Waals surface area contributed by atoms with Crippen LogP contribution < -0.4 is 0 Å². The molecule has 1 aromatic rings. The predicted molar refractivity (Wildman–Crippen MR) is 166 cm³/mol. The van der Waals surface area contributed by atoms with Crippen LogP contribution in [-0.2, 0) is 196 Å². The van der Waals surface area contributed by atoms with E-state index in [1.165, 1.54) is 22.8 Å². The zero-order valence-electron chi connectivity index (χ0n) is 25.5. The predicted octanol–water partition coefficient (Wildman–Crippen LogP) is 9.42. The van der Waals surface area contributed by atoms with E-state index in [0.29, 0.717) is 5.92 Å². The molecule has 3 aliphatic rings. The molecule has 0 unspecified atom stereocenters. The van der Waals surface area contributed by atoms with Gasteiger partial charge in [0.05, 0.1) is 0 Å². The summed E-state index contributed by atoms with van der Waals surface area (Å²) in [4.78, 5) is 0. The van der Waals surface area contributed by atoms with E-state index in [-0.39, 0.29) is 204 Å². The molecule has 44 heavy (non-hydrogen) atoms. The number of hydrogen-bond acceptors (Lipinski definition) is 0. The van der Waals surface area contributed by atoms with Crippen molar-refractivity contribution >= 4 is 6.08 Å². The van der Waals surface area contributed by atoms with Gasteiger partial charge >= 0.3 is 65.4 Å². The minimum atomic E-state index is 0. The van der Waals surface area contributed by atoms with Gasteiger partial charge in [-0.3, -0.25) is 30.9 Å². The van der Waals surface area contributed by atoms with Crippen LogP contribution in [0.3, 0.4) is 0 Å². The first kappa shape index (κ1) is 58.2. The quantitative estimate of drug-likeness (QED) is 0.189. The van der Waals surface area contributed by atoms with E-state index >= 15 is 0 Å². The van der Waals surface area contributed by atoms with Gasteiger partial charge in [0.2, 0.25) is 0 Å². The molecule has 1 aromatic carbocycles. The molecule has 4 radical (unpaired) electrons. The zero-order valence-corrected chi connectivity index (χ0v) is 42.5. The second kappa shape index (κ2) is 41.1. The molecular formula is C38H34Y6-2. The summed E-state index contributed by atoms with van der Waals surface area (Å²) in [5, 5.41) is 0. The molecule has 0 bridgehead atoms. The number of rotatable bonds is 7. The number of hydrogen-bond donors (Lipinski definition) is 0. The number of benzene rings is 1. The van der Waals surface area contributed by atoms with Crippen LogP contribution in [0.5, 0.6) is 0 Å². The summed E-state index contributed by atoms with van der Waals surface area (Å²) in [6.45, 7) is 12.1. The first-order valence-corrected chi connectivity index (χ1v) is 11.9. The van der Waals surface area contributed by atoms with Gasteiger partial charge in [-0.2, -0.15) is 29.9 Å². The molecule has 0 atom stereocenters. The third-order valence-electron chi connectivity index (χ3n) is 4.95. The molecule has 0 aromatic heterocycles. The third-order valence-corrected chi connectivity index (χ3v) is 4.95. The van der Waals surface area contributed by atoms with Gasteiger partial charge < -0.3 is 25.7 Å². The molecule has 0 N–H and O–H groups in total. The number of allylic oxidation sites excluding steroid dienone is 26. The zero-order chi connectivity index (χ0) is 26.4. The van der Waals surface area contributed by atoms with Crippen molar-refractivity contribution in [2.24, 2.45) is 5.92 Å². The Kier molecular flexibility index (Phi) is 54.4. The maximum Gasteiger partial charge on any atom is 3.00 e. The maximum atomic E-state index is 5.08. The SMILES string of the molecule is C1=CC2=CC=CC3=CC=CC(=C1)C23.[CH-]=CC=C[C-]=C[C-]=CC=C[CH2-].[CH2-]C=CC=[C-]C=Cc1[c-]cccc1.[CH3-].[Y+3].[Y+3].[Y].[Y].[Y].[Y]. The van der Waals surface area contributed by atoms with E-state index in [9.17, 15) is 0 Å². The van der Waals surface area contributed by atoms with Gasteiger partial charge in [-0.25, -0.2) is 32.1 Å². The molecule has 0 fully saturated rings. The van der Waals surface area contributed by atoms with Gasteiger partial charge in [-0.05, 0) is 16.7 Å². The van der Waals surface area contributed by atoms with Crippen molar-refractivity contribution in [3.05, 3.63) is 220 Å². The Morgan fingerprint density at radius 3 is 1.68 bits per heavy atom. The van der Waals surface area contributed by atoms with Gasteiger partial charge in [0.15, 0.2) is 0 Å². The van der Waals surface area contributed by atoms with E-state index in [4.69, 9.17) is 6.58 Å². The molecule has 4 rings (SSSR count). The van der Waals surface area contributed by atoms with Crippen molar-refractivity contribution in [3.8, 4) is 0 Å². The Hall–Kier alpha value is 1.94. The minimum absolute atomic E-state index is 0. The molecule has 0 amide bonds. The molecule has 0 saturated heterocycles. The van der Waals surface area contributed by atoms with Gasteiger partial charge in [-0.1, -0.05) is 54.7 Å². The van der Waals surface area contributed by atoms with Crippen LogP contribution >= 0.6 is 0 Å². The van der Waals surface area contributed by atoms with Crippen LogP contribution in [0.4, 0.5) is 0 Å². The van der Waals surface area contributed by atoms with Crippen LogP contribution in [0.15, 0.2) is 163 Å². The second-order valence-corrected chi connectivity index (χ2v) is 7.55. The monoisotopic (exact) mass is 1020 g/mol. The molecule has 0 saturated carbocycles. The Labute approximate surface area is 420 Å². The first-order chi connectivity index (χ1) is 18.3. The Bertz CT molecular complexity index is 1180. The van der Waals surface area contributed by atoms with Gasteiger partial charge in [0, 0.05) is 137 Å². The van der Waals surface area contributed by atoms with Crippen LogP contribution in [0.25, 0.3) is 6.08 Å². The molecule has 206 valence electrons. The fourth-order valence-electron chi connectivity index (χ4n) is 3.34. The molecular weight excluding hydrogens is 990 g/mol. The van der Waals surface area contributed by atoms with Crippen LogP contribution in [-0.4, -0.2) is 0 Å². The van der Waals surface area contributed by atoms with Crippen molar-refractivity contribution in [2.75, 3.05) is 0 Å².